The minimum atomic E-state index is -4.01. The fraction of sp³-hybridized carbons (Fsp3) is 0.300. The number of hydrogen-bond acceptors (Lipinski definition) is 3. The van der Waals surface area contributed by atoms with Gasteiger partial charge in [-0.15, -0.1) is 0 Å². The van der Waals surface area contributed by atoms with Crippen molar-refractivity contribution in [1.82, 2.24) is 4.72 Å². The van der Waals surface area contributed by atoms with Crippen molar-refractivity contribution in [2.45, 2.75) is 24.3 Å². The van der Waals surface area contributed by atoms with Gasteiger partial charge in [-0.05, 0) is 24.6 Å². The van der Waals surface area contributed by atoms with Crippen LogP contribution in [0.25, 0.3) is 0 Å². The van der Waals surface area contributed by atoms with E-state index in [2.05, 4.69) is 0 Å². The summed E-state index contributed by atoms with van der Waals surface area (Å²) in [5, 5.41) is 8.74. The van der Waals surface area contributed by atoms with Crippen molar-refractivity contribution in [2.75, 3.05) is 0 Å². The minimum absolute atomic E-state index is 0.101. The molecule has 1 atom stereocenters. The molecular weight excluding hydrogens is 249 g/mol. The van der Waals surface area contributed by atoms with Crippen LogP contribution in [0.5, 0.6) is 0 Å². The number of halogens is 1. The zero-order valence-electron chi connectivity index (χ0n) is 9.05. The zero-order chi connectivity index (χ0) is 13.1. The average Bonchev–Trinajstić information content (AvgIpc) is 2.25. The molecule has 1 aromatic rings. The molecule has 0 fully saturated rings. The van der Waals surface area contributed by atoms with Gasteiger partial charge in [-0.3, -0.25) is 4.79 Å². The Kier molecular flexibility index (Phi) is 4.19. The van der Waals surface area contributed by atoms with Crippen LogP contribution in [0.4, 0.5) is 4.39 Å². The van der Waals surface area contributed by atoms with E-state index in [0.717, 1.165) is 12.1 Å². The van der Waals surface area contributed by atoms with Gasteiger partial charge < -0.3 is 5.11 Å². The Hall–Kier alpha value is -1.47. The van der Waals surface area contributed by atoms with Crippen molar-refractivity contribution < 1.29 is 22.7 Å². The van der Waals surface area contributed by atoms with Crippen LogP contribution >= 0.6 is 0 Å². The topological polar surface area (TPSA) is 83.5 Å². The lowest BCUT2D eigenvalue weighted by Gasteiger charge is -2.12. The number of aliphatic carboxylic acids is 1. The highest BCUT2D eigenvalue weighted by atomic mass is 32.2. The predicted octanol–water partition coefficient (Wildman–Crippen LogP) is 0.967. The van der Waals surface area contributed by atoms with Crippen molar-refractivity contribution >= 4 is 16.0 Å². The Morgan fingerprint density at radius 2 is 2.18 bits per heavy atom. The lowest BCUT2D eigenvalue weighted by Crippen LogP contribution is -2.40. The van der Waals surface area contributed by atoms with E-state index < -0.39 is 27.9 Å². The summed E-state index contributed by atoms with van der Waals surface area (Å²) in [6.45, 7) is 1.53. The Morgan fingerprint density at radius 3 is 2.65 bits per heavy atom. The number of benzene rings is 1. The van der Waals surface area contributed by atoms with Crippen LogP contribution in [0.3, 0.4) is 0 Å². The van der Waals surface area contributed by atoms with Crippen molar-refractivity contribution in [2.24, 2.45) is 0 Å². The lowest BCUT2D eigenvalue weighted by atomic mass is 10.2. The van der Waals surface area contributed by atoms with Crippen molar-refractivity contribution in [3.63, 3.8) is 0 Å². The van der Waals surface area contributed by atoms with Gasteiger partial charge in [0.05, 0.1) is 4.90 Å². The second-order valence-electron chi connectivity index (χ2n) is 3.38. The van der Waals surface area contributed by atoms with Gasteiger partial charge in [0.1, 0.15) is 11.9 Å². The molecule has 5 nitrogen and oxygen atoms in total. The van der Waals surface area contributed by atoms with Gasteiger partial charge in [-0.25, -0.2) is 12.8 Å². The van der Waals surface area contributed by atoms with Crippen molar-refractivity contribution in [1.29, 1.82) is 0 Å². The van der Waals surface area contributed by atoms with Crippen LogP contribution in [0.1, 0.15) is 13.3 Å². The summed E-state index contributed by atoms with van der Waals surface area (Å²) < 4.78 is 38.3. The molecule has 0 aliphatic rings. The fourth-order valence-corrected chi connectivity index (χ4v) is 2.50. The average molecular weight is 261 g/mol. The van der Waals surface area contributed by atoms with E-state index in [1.807, 2.05) is 4.72 Å². The molecule has 2 N–H and O–H groups in total. The van der Waals surface area contributed by atoms with Crippen LogP contribution in [-0.2, 0) is 14.8 Å². The molecule has 7 heteroatoms. The van der Waals surface area contributed by atoms with Crippen LogP contribution in [0.2, 0.25) is 0 Å². The second-order valence-corrected chi connectivity index (χ2v) is 5.09. The van der Waals surface area contributed by atoms with E-state index in [0.29, 0.717) is 0 Å². The van der Waals surface area contributed by atoms with E-state index in [-0.39, 0.29) is 11.3 Å². The van der Waals surface area contributed by atoms with Gasteiger partial charge in [-0.1, -0.05) is 13.0 Å². The number of carbonyl (C=O) groups is 1. The van der Waals surface area contributed by atoms with Crippen LogP contribution < -0.4 is 4.72 Å². The van der Waals surface area contributed by atoms with Crippen LogP contribution in [0, 0.1) is 5.82 Å². The highest BCUT2D eigenvalue weighted by Gasteiger charge is 2.23. The van der Waals surface area contributed by atoms with E-state index >= 15 is 0 Å². The van der Waals surface area contributed by atoms with Gasteiger partial charge in [0.25, 0.3) is 0 Å². The van der Waals surface area contributed by atoms with E-state index in [9.17, 15) is 17.6 Å². The molecule has 0 amide bonds. The monoisotopic (exact) mass is 261 g/mol. The van der Waals surface area contributed by atoms with E-state index in [1.165, 1.54) is 19.1 Å². The summed E-state index contributed by atoms with van der Waals surface area (Å²) in [5.41, 5.74) is 0. The third-order valence-electron chi connectivity index (χ3n) is 2.11. The molecule has 0 aliphatic carbocycles. The minimum Gasteiger partial charge on any atom is -0.480 e. The maximum atomic E-state index is 12.9. The SMILES string of the molecule is CC[C@@H](NS(=O)(=O)c1cccc(F)c1)C(=O)O. The number of rotatable bonds is 5. The van der Waals surface area contributed by atoms with Crippen molar-refractivity contribution in [3.8, 4) is 0 Å². The third kappa shape index (κ3) is 3.50. The normalized spacial score (nSPS) is 13.3. The standard InChI is InChI=1S/C10H12FNO4S/c1-2-9(10(13)14)12-17(15,16)8-5-3-4-7(11)6-8/h3-6,9,12H,2H2,1H3,(H,13,14)/t9-/m1/s1. The molecule has 0 spiro atoms. The molecule has 0 heterocycles. The summed E-state index contributed by atoms with van der Waals surface area (Å²) in [7, 11) is -4.01. The van der Waals surface area contributed by atoms with Gasteiger partial charge in [0.2, 0.25) is 10.0 Å². The molecule has 94 valence electrons. The number of sulfonamides is 1. The maximum Gasteiger partial charge on any atom is 0.321 e. The summed E-state index contributed by atoms with van der Waals surface area (Å²) in [6.07, 6.45) is 0.101. The summed E-state index contributed by atoms with van der Waals surface area (Å²) >= 11 is 0. The summed E-state index contributed by atoms with van der Waals surface area (Å²) in [5.74, 6) is -1.97. The second kappa shape index (κ2) is 5.24. The Morgan fingerprint density at radius 1 is 1.53 bits per heavy atom. The first-order valence-electron chi connectivity index (χ1n) is 4.87. The highest BCUT2D eigenvalue weighted by Crippen LogP contribution is 2.11. The first-order valence-corrected chi connectivity index (χ1v) is 6.36. The molecule has 17 heavy (non-hydrogen) atoms. The lowest BCUT2D eigenvalue weighted by molar-refractivity contribution is -0.139. The Labute approximate surface area is 98.3 Å². The molecular formula is C10H12FNO4S. The van der Waals surface area contributed by atoms with Crippen molar-refractivity contribution in [3.05, 3.63) is 30.1 Å². The predicted molar refractivity (Wildman–Crippen MR) is 58.4 cm³/mol. The summed E-state index contributed by atoms with van der Waals surface area (Å²) in [4.78, 5) is 10.4. The molecule has 0 aromatic heterocycles. The van der Waals surface area contributed by atoms with Gasteiger partial charge in [0.15, 0.2) is 0 Å². The Balaban J connectivity index is 3.00. The molecule has 1 aromatic carbocycles. The number of carboxylic acids is 1. The maximum absolute atomic E-state index is 12.9. The smallest absolute Gasteiger partial charge is 0.321 e. The number of carboxylic acid groups (broad SMARTS) is 1. The van der Waals surface area contributed by atoms with Gasteiger partial charge in [-0.2, -0.15) is 4.72 Å². The molecule has 0 unspecified atom stereocenters. The Bertz CT molecular complexity index is 515. The molecule has 0 saturated heterocycles. The first-order chi connectivity index (χ1) is 7.86. The molecule has 0 radical (unpaired) electrons. The summed E-state index contributed by atoms with van der Waals surface area (Å²) in [6, 6.07) is 3.15. The fourth-order valence-electron chi connectivity index (χ4n) is 1.20. The quantitative estimate of drug-likeness (QED) is 0.827. The van der Waals surface area contributed by atoms with Gasteiger partial charge >= 0.3 is 5.97 Å². The van der Waals surface area contributed by atoms with Crippen LogP contribution in [0.15, 0.2) is 29.2 Å². The third-order valence-corrected chi connectivity index (χ3v) is 3.58. The molecule has 0 bridgehead atoms. The highest BCUT2D eigenvalue weighted by molar-refractivity contribution is 7.89. The first kappa shape index (κ1) is 13.6. The van der Waals surface area contributed by atoms with E-state index in [4.69, 9.17) is 5.11 Å². The molecule has 1 rings (SSSR count). The number of hydrogen-bond donors (Lipinski definition) is 2. The largest absolute Gasteiger partial charge is 0.480 e. The zero-order valence-corrected chi connectivity index (χ0v) is 9.87. The number of nitrogens with one attached hydrogen (secondary N) is 1. The molecule has 0 aliphatic heterocycles. The molecule has 0 saturated carbocycles. The van der Waals surface area contributed by atoms with E-state index in [1.54, 1.807) is 0 Å². The van der Waals surface area contributed by atoms with Crippen LogP contribution in [-0.4, -0.2) is 25.5 Å². The van der Waals surface area contributed by atoms with Gasteiger partial charge in [0, 0.05) is 0 Å².